The first-order valence-corrected chi connectivity index (χ1v) is 4.27. The highest BCUT2D eigenvalue weighted by molar-refractivity contribution is 5.10. The van der Waals surface area contributed by atoms with Crippen LogP contribution in [0.15, 0.2) is 11.7 Å². The van der Waals surface area contributed by atoms with Gasteiger partial charge in [-0.15, -0.1) is 0 Å². The van der Waals surface area contributed by atoms with Gasteiger partial charge in [0, 0.05) is 0 Å². The van der Waals surface area contributed by atoms with Crippen molar-refractivity contribution in [1.29, 1.82) is 0 Å². The molecular weight excluding hydrogens is 245 g/mol. The summed E-state index contributed by atoms with van der Waals surface area (Å²) in [7, 11) is 0. The Morgan fingerprint density at radius 1 is 1.00 bits per heavy atom. The van der Waals surface area contributed by atoms with Crippen molar-refractivity contribution in [3.63, 3.8) is 0 Å². The Kier molecular flexibility index (Phi) is 5.24. The van der Waals surface area contributed by atoms with Crippen LogP contribution in [0.3, 0.4) is 0 Å². The van der Waals surface area contributed by atoms with Gasteiger partial charge in [-0.1, -0.05) is 13.3 Å². The summed E-state index contributed by atoms with van der Waals surface area (Å²) >= 11 is 0. The standard InChI is InChI=1S/C8H9F7O/c1-2-3-4-16-8(14,15)6(10)5(9)7(11,12)13/h2-4H2,1H3. The number of hydrogen-bond acceptors (Lipinski definition) is 1. The zero-order chi connectivity index (χ0) is 13.0. The highest BCUT2D eigenvalue weighted by Crippen LogP contribution is 2.37. The van der Waals surface area contributed by atoms with Gasteiger partial charge in [-0.25, -0.2) is 0 Å². The maximum atomic E-state index is 12.5. The third kappa shape index (κ3) is 4.38. The van der Waals surface area contributed by atoms with E-state index in [0.717, 1.165) is 0 Å². The second-order valence-electron chi connectivity index (χ2n) is 2.84. The second-order valence-corrected chi connectivity index (χ2v) is 2.84. The van der Waals surface area contributed by atoms with Crippen molar-refractivity contribution in [2.24, 2.45) is 0 Å². The molecule has 0 aliphatic heterocycles. The van der Waals surface area contributed by atoms with Crippen LogP contribution < -0.4 is 0 Å². The Morgan fingerprint density at radius 2 is 1.50 bits per heavy atom. The maximum Gasteiger partial charge on any atom is 0.445 e. The molecule has 0 saturated heterocycles. The van der Waals surface area contributed by atoms with E-state index in [0.29, 0.717) is 6.42 Å². The molecule has 16 heavy (non-hydrogen) atoms. The van der Waals surface area contributed by atoms with Crippen molar-refractivity contribution in [2.45, 2.75) is 32.1 Å². The molecule has 0 amide bonds. The molecule has 0 aromatic rings. The van der Waals surface area contributed by atoms with Gasteiger partial charge >= 0.3 is 12.3 Å². The van der Waals surface area contributed by atoms with E-state index in [9.17, 15) is 30.7 Å². The first kappa shape index (κ1) is 15.2. The average Bonchev–Trinajstić information content (AvgIpc) is 2.14. The van der Waals surface area contributed by atoms with Gasteiger partial charge in [-0.2, -0.15) is 30.7 Å². The zero-order valence-corrected chi connectivity index (χ0v) is 8.18. The van der Waals surface area contributed by atoms with Gasteiger partial charge in [0.2, 0.25) is 11.7 Å². The van der Waals surface area contributed by atoms with Gasteiger partial charge in [0.25, 0.3) is 0 Å². The molecule has 0 N–H and O–H groups in total. The van der Waals surface area contributed by atoms with Crippen LogP contribution in [0.4, 0.5) is 30.7 Å². The van der Waals surface area contributed by atoms with E-state index < -0.39 is 30.5 Å². The van der Waals surface area contributed by atoms with E-state index in [1.807, 2.05) is 0 Å². The lowest BCUT2D eigenvalue weighted by Gasteiger charge is -2.16. The van der Waals surface area contributed by atoms with Crippen molar-refractivity contribution in [3.8, 4) is 0 Å². The molecule has 0 rings (SSSR count). The molecule has 0 fully saturated rings. The number of hydrogen-bond donors (Lipinski definition) is 0. The van der Waals surface area contributed by atoms with E-state index in [2.05, 4.69) is 4.74 Å². The fourth-order valence-electron chi connectivity index (χ4n) is 0.660. The monoisotopic (exact) mass is 254 g/mol. The summed E-state index contributed by atoms with van der Waals surface area (Å²) in [6, 6.07) is 0. The number of ether oxygens (including phenoxy) is 1. The quantitative estimate of drug-likeness (QED) is 0.530. The van der Waals surface area contributed by atoms with Crippen LogP contribution in [-0.4, -0.2) is 18.9 Å². The van der Waals surface area contributed by atoms with Crippen LogP contribution in [0.2, 0.25) is 0 Å². The summed E-state index contributed by atoms with van der Waals surface area (Å²) in [6.07, 6.45) is -10.2. The maximum absolute atomic E-state index is 12.5. The second kappa shape index (κ2) is 5.51. The third-order valence-electron chi connectivity index (χ3n) is 1.48. The fourth-order valence-corrected chi connectivity index (χ4v) is 0.660. The summed E-state index contributed by atoms with van der Waals surface area (Å²) in [5, 5.41) is 0. The molecule has 0 aliphatic carbocycles. The first-order chi connectivity index (χ1) is 7.13. The molecule has 0 heterocycles. The minimum atomic E-state index is -5.79. The van der Waals surface area contributed by atoms with E-state index >= 15 is 0 Å². The van der Waals surface area contributed by atoms with Gasteiger partial charge in [0.1, 0.15) is 0 Å². The van der Waals surface area contributed by atoms with Gasteiger partial charge in [-0.3, -0.25) is 0 Å². The molecule has 0 atom stereocenters. The topological polar surface area (TPSA) is 9.23 Å². The smallest absolute Gasteiger partial charge is 0.315 e. The van der Waals surface area contributed by atoms with Gasteiger partial charge in [0.05, 0.1) is 6.61 Å². The van der Waals surface area contributed by atoms with Gasteiger partial charge < -0.3 is 4.74 Å². The van der Waals surface area contributed by atoms with Crippen molar-refractivity contribution in [3.05, 3.63) is 11.7 Å². The number of rotatable bonds is 5. The summed E-state index contributed by atoms with van der Waals surface area (Å²) in [5.74, 6) is -6.73. The Labute approximate surface area is 86.9 Å². The zero-order valence-electron chi connectivity index (χ0n) is 8.18. The number of alkyl halides is 5. The molecule has 0 spiro atoms. The Balaban J connectivity index is 4.74. The Morgan fingerprint density at radius 3 is 1.88 bits per heavy atom. The summed E-state index contributed by atoms with van der Waals surface area (Å²) in [5.41, 5.74) is 0. The predicted octanol–water partition coefficient (Wildman–Crippen LogP) is 4.11. The van der Waals surface area contributed by atoms with E-state index in [1.165, 1.54) is 0 Å². The highest BCUT2D eigenvalue weighted by atomic mass is 19.4. The minimum Gasteiger partial charge on any atom is -0.315 e. The van der Waals surface area contributed by atoms with Crippen molar-refractivity contribution >= 4 is 0 Å². The van der Waals surface area contributed by atoms with E-state index in [-0.39, 0.29) is 6.42 Å². The molecule has 0 bridgehead atoms. The number of halogens is 7. The van der Waals surface area contributed by atoms with Crippen LogP contribution >= 0.6 is 0 Å². The largest absolute Gasteiger partial charge is 0.445 e. The van der Waals surface area contributed by atoms with Crippen LogP contribution in [0.1, 0.15) is 19.8 Å². The van der Waals surface area contributed by atoms with Gasteiger partial charge in [0.15, 0.2) is 0 Å². The van der Waals surface area contributed by atoms with Crippen molar-refractivity contribution in [2.75, 3.05) is 6.61 Å². The summed E-state index contributed by atoms with van der Waals surface area (Å²) in [4.78, 5) is 0. The van der Waals surface area contributed by atoms with Crippen LogP contribution in [0, 0.1) is 0 Å². The predicted molar refractivity (Wildman–Crippen MR) is 41.1 cm³/mol. The molecule has 96 valence electrons. The fraction of sp³-hybridized carbons (Fsp3) is 0.750. The number of unbranched alkanes of at least 4 members (excludes halogenated alkanes) is 1. The van der Waals surface area contributed by atoms with Crippen molar-refractivity contribution < 1.29 is 35.5 Å². The normalized spacial score (nSPS) is 15.0. The van der Waals surface area contributed by atoms with E-state index in [1.54, 1.807) is 6.92 Å². The lowest BCUT2D eigenvalue weighted by atomic mass is 10.3. The van der Waals surface area contributed by atoms with E-state index in [4.69, 9.17) is 0 Å². The molecule has 0 aliphatic rings. The Bertz CT molecular complexity index is 256. The minimum absolute atomic E-state index is 0.0938. The van der Waals surface area contributed by atoms with Crippen LogP contribution in [-0.2, 0) is 4.74 Å². The Hall–Kier alpha value is -0.790. The molecule has 8 heteroatoms. The highest BCUT2D eigenvalue weighted by Gasteiger charge is 2.48. The first-order valence-electron chi connectivity index (χ1n) is 4.27. The molecule has 0 saturated carbocycles. The molecule has 0 unspecified atom stereocenters. The summed E-state index contributed by atoms with van der Waals surface area (Å²) < 4.78 is 87.8. The molecule has 0 aromatic carbocycles. The number of allylic oxidation sites excluding steroid dienone is 1. The third-order valence-corrected chi connectivity index (χ3v) is 1.48. The molecule has 0 radical (unpaired) electrons. The molecular formula is C8H9F7O. The average molecular weight is 254 g/mol. The lowest BCUT2D eigenvalue weighted by Crippen LogP contribution is -2.26. The van der Waals surface area contributed by atoms with Crippen molar-refractivity contribution in [1.82, 2.24) is 0 Å². The SMILES string of the molecule is CCCCOC(F)(F)C(F)=C(F)C(F)(F)F. The van der Waals surface area contributed by atoms with Gasteiger partial charge in [-0.05, 0) is 6.42 Å². The lowest BCUT2D eigenvalue weighted by molar-refractivity contribution is -0.226. The van der Waals surface area contributed by atoms with Crippen LogP contribution in [0.25, 0.3) is 0 Å². The van der Waals surface area contributed by atoms with Crippen LogP contribution in [0.5, 0.6) is 0 Å². The molecule has 1 nitrogen and oxygen atoms in total. The summed E-state index contributed by atoms with van der Waals surface area (Å²) in [6.45, 7) is 0.937. The molecule has 0 aromatic heterocycles.